The molecule has 2 heterocycles. The highest BCUT2D eigenvalue weighted by atomic mass is 32.2. The number of hydrogen-bond donors (Lipinski definition) is 5. The third kappa shape index (κ3) is 9.48. The van der Waals surface area contributed by atoms with Gasteiger partial charge in [0, 0.05) is 40.8 Å². The average molecular weight is 629 g/mol. The number of carbonyl (C=O) groups excluding carboxylic acids is 2. The maximum Gasteiger partial charge on any atom is 0.411 e. The fourth-order valence-electron chi connectivity index (χ4n) is 4.57. The molecule has 43 heavy (non-hydrogen) atoms. The predicted octanol–water partition coefficient (Wildman–Crippen LogP) is 5.63. The summed E-state index contributed by atoms with van der Waals surface area (Å²) in [5.74, 6) is 0.413. The topological polar surface area (TPSA) is 151 Å². The van der Waals surface area contributed by atoms with Gasteiger partial charge in [-0.1, -0.05) is 6.07 Å². The van der Waals surface area contributed by atoms with Crippen molar-refractivity contribution < 1.29 is 22.7 Å². The maximum absolute atomic E-state index is 13.6. The number of anilines is 2. The molecule has 11 nitrogen and oxygen atoms in total. The quantitative estimate of drug-likeness (QED) is 0.206. The first-order chi connectivity index (χ1) is 20.3. The van der Waals surface area contributed by atoms with Gasteiger partial charge in [0.25, 0.3) is 0 Å². The lowest BCUT2D eigenvalue weighted by Crippen LogP contribution is -2.40. The number of nitrogens with zero attached hydrogens (tertiary/aromatic N) is 1. The number of nitrogens with one attached hydrogen (secondary N) is 5. The van der Waals surface area contributed by atoms with Crippen LogP contribution in [0.5, 0.6) is 0 Å². The molecule has 13 heteroatoms. The number of amides is 3. The Kier molecular flexibility index (Phi) is 10.4. The molecule has 0 unspecified atom stereocenters. The molecule has 0 radical (unpaired) electrons. The van der Waals surface area contributed by atoms with Gasteiger partial charge in [0.1, 0.15) is 5.01 Å². The maximum atomic E-state index is 13.6. The minimum Gasteiger partial charge on any atom is -0.447 e. The van der Waals surface area contributed by atoms with Gasteiger partial charge in [0.2, 0.25) is 10.0 Å². The molecule has 232 valence electrons. The number of carbonyl (C=O) groups is 2. The second kappa shape index (κ2) is 13.8. The molecule has 0 saturated carbocycles. The molecule has 1 fully saturated rings. The van der Waals surface area contributed by atoms with Crippen molar-refractivity contribution in [3.63, 3.8) is 0 Å². The summed E-state index contributed by atoms with van der Waals surface area (Å²) in [4.78, 5) is 29.8. The minimum absolute atomic E-state index is 0.0389. The van der Waals surface area contributed by atoms with E-state index in [1.807, 2.05) is 12.1 Å². The van der Waals surface area contributed by atoms with E-state index in [9.17, 15) is 18.0 Å². The van der Waals surface area contributed by atoms with Crippen molar-refractivity contribution in [2.24, 2.45) is 5.92 Å². The first-order valence-electron chi connectivity index (χ1n) is 14.3. The van der Waals surface area contributed by atoms with Gasteiger partial charge >= 0.3 is 12.1 Å². The monoisotopic (exact) mass is 628 g/mol. The van der Waals surface area contributed by atoms with E-state index in [0.717, 1.165) is 31.5 Å². The fraction of sp³-hybridized carbons (Fsp3) is 0.433. The van der Waals surface area contributed by atoms with Crippen LogP contribution in [0.25, 0.3) is 21.0 Å². The Hall–Kier alpha value is -3.52. The standard InChI is InChI=1S/C30H40N6O5S2/c1-19(2)41-29(38)35-22-8-6-21(7-9-22)27-32-18-25(42-27)24-11-10-23(16-26(24)43(39,40)36-30(3,4)5)34-28(37)33-17-20-12-14-31-15-13-20/h6-11,16,18-20,31,36H,12-15,17H2,1-5H3,(H,35,38)(H2,33,34,37). The van der Waals surface area contributed by atoms with Crippen LogP contribution in [0, 0.1) is 5.92 Å². The lowest BCUT2D eigenvalue weighted by molar-refractivity contribution is 0.130. The Morgan fingerprint density at radius 3 is 2.37 bits per heavy atom. The van der Waals surface area contributed by atoms with Crippen LogP contribution in [0.4, 0.5) is 21.0 Å². The number of piperidine rings is 1. The van der Waals surface area contributed by atoms with Crippen LogP contribution in [-0.2, 0) is 14.8 Å². The van der Waals surface area contributed by atoms with E-state index in [1.165, 1.54) is 17.4 Å². The van der Waals surface area contributed by atoms with Crippen molar-refractivity contribution in [1.82, 2.24) is 20.3 Å². The molecule has 1 saturated heterocycles. The van der Waals surface area contributed by atoms with E-state index >= 15 is 0 Å². The molecular formula is C30H40N6O5S2. The number of urea groups is 1. The molecule has 1 aliphatic rings. The van der Waals surface area contributed by atoms with Crippen LogP contribution in [0.15, 0.2) is 53.6 Å². The van der Waals surface area contributed by atoms with Crippen LogP contribution >= 0.6 is 11.3 Å². The third-order valence-electron chi connectivity index (χ3n) is 6.47. The van der Waals surface area contributed by atoms with E-state index < -0.39 is 21.7 Å². The van der Waals surface area contributed by atoms with Gasteiger partial charge in [-0.25, -0.2) is 27.7 Å². The van der Waals surface area contributed by atoms with Gasteiger partial charge in [-0.3, -0.25) is 5.32 Å². The van der Waals surface area contributed by atoms with Crippen LogP contribution in [-0.4, -0.2) is 56.8 Å². The summed E-state index contributed by atoms with van der Waals surface area (Å²) in [5, 5.41) is 12.4. The SMILES string of the molecule is CC(C)OC(=O)Nc1ccc(-c2ncc(-c3ccc(NC(=O)NCC4CCNCC4)cc3S(=O)(=O)NC(C)(C)C)s2)cc1. The lowest BCUT2D eigenvalue weighted by Gasteiger charge is -2.23. The molecule has 0 atom stereocenters. The number of sulfonamides is 1. The zero-order valence-corrected chi connectivity index (χ0v) is 26.7. The molecule has 5 N–H and O–H groups in total. The van der Waals surface area contributed by atoms with E-state index in [4.69, 9.17) is 4.74 Å². The molecule has 3 amide bonds. The number of aromatic nitrogens is 1. The zero-order valence-electron chi connectivity index (χ0n) is 25.1. The molecular weight excluding hydrogens is 589 g/mol. The predicted molar refractivity (Wildman–Crippen MR) is 171 cm³/mol. The van der Waals surface area contributed by atoms with Crippen molar-refractivity contribution in [2.75, 3.05) is 30.3 Å². The van der Waals surface area contributed by atoms with Gasteiger partial charge in [0.15, 0.2) is 0 Å². The highest BCUT2D eigenvalue weighted by Gasteiger charge is 2.27. The van der Waals surface area contributed by atoms with Crippen molar-refractivity contribution in [1.29, 1.82) is 0 Å². The first kappa shape index (κ1) is 32.4. The van der Waals surface area contributed by atoms with E-state index in [2.05, 4.69) is 31.0 Å². The Balaban J connectivity index is 1.56. The summed E-state index contributed by atoms with van der Waals surface area (Å²) >= 11 is 1.34. The Labute approximate surface area is 257 Å². The summed E-state index contributed by atoms with van der Waals surface area (Å²) in [5.41, 5.74) is 1.50. The van der Waals surface area contributed by atoms with E-state index in [-0.39, 0.29) is 17.0 Å². The number of thiazole rings is 1. The highest BCUT2D eigenvalue weighted by molar-refractivity contribution is 7.89. The van der Waals surface area contributed by atoms with Gasteiger partial charge < -0.3 is 20.7 Å². The highest BCUT2D eigenvalue weighted by Crippen LogP contribution is 2.37. The summed E-state index contributed by atoms with van der Waals surface area (Å²) in [6.07, 6.45) is 2.87. The molecule has 1 aromatic heterocycles. The molecule has 1 aliphatic heterocycles. The van der Waals surface area contributed by atoms with Gasteiger partial charge in [-0.05, 0) is 103 Å². The van der Waals surface area contributed by atoms with Crippen LogP contribution in [0.3, 0.4) is 0 Å². The van der Waals surface area contributed by atoms with Crippen molar-refractivity contribution in [3.05, 3.63) is 48.7 Å². The Morgan fingerprint density at radius 1 is 1.05 bits per heavy atom. The van der Waals surface area contributed by atoms with E-state index in [1.54, 1.807) is 65.1 Å². The number of benzene rings is 2. The summed E-state index contributed by atoms with van der Waals surface area (Å²) in [7, 11) is -3.97. The summed E-state index contributed by atoms with van der Waals surface area (Å²) in [6.45, 7) is 11.3. The van der Waals surface area contributed by atoms with Crippen LogP contribution in [0.1, 0.15) is 47.5 Å². The van der Waals surface area contributed by atoms with Gasteiger partial charge in [-0.15, -0.1) is 11.3 Å². The Morgan fingerprint density at radius 2 is 1.72 bits per heavy atom. The van der Waals surface area contributed by atoms with Crippen molar-refractivity contribution in [3.8, 4) is 21.0 Å². The summed E-state index contributed by atoms with van der Waals surface area (Å²) in [6, 6.07) is 11.6. The van der Waals surface area contributed by atoms with Gasteiger partial charge in [-0.2, -0.15) is 0 Å². The summed E-state index contributed by atoms with van der Waals surface area (Å²) < 4.78 is 35.0. The second-order valence-electron chi connectivity index (χ2n) is 11.8. The number of ether oxygens (including phenoxy) is 1. The first-order valence-corrected chi connectivity index (χ1v) is 16.6. The third-order valence-corrected chi connectivity index (χ3v) is 9.35. The van der Waals surface area contributed by atoms with Crippen LogP contribution in [0.2, 0.25) is 0 Å². The molecule has 3 aromatic rings. The molecule has 2 aromatic carbocycles. The zero-order chi connectivity index (χ0) is 31.2. The molecule has 0 aliphatic carbocycles. The van der Waals surface area contributed by atoms with Crippen molar-refractivity contribution in [2.45, 2.75) is 64.0 Å². The smallest absolute Gasteiger partial charge is 0.411 e. The molecule has 0 spiro atoms. The lowest BCUT2D eigenvalue weighted by atomic mass is 9.98. The number of hydrogen-bond acceptors (Lipinski definition) is 8. The second-order valence-corrected chi connectivity index (χ2v) is 14.5. The van der Waals surface area contributed by atoms with Crippen LogP contribution < -0.4 is 26.0 Å². The average Bonchev–Trinajstić information content (AvgIpc) is 3.41. The van der Waals surface area contributed by atoms with Gasteiger partial charge in [0.05, 0.1) is 15.9 Å². The van der Waals surface area contributed by atoms with Crippen molar-refractivity contribution >= 4 is 44.9 Å². The Bertz CT molecular complexity index is 1530. The minimum atomic E-state index is -3.97. The number of rotatable bonds is 9. The normalized spacial score (nSPS) is 14.4. The molecule has 0 bridgehead atoms. The molecule has 4 rings (SSSR count). The van der Waals surface area contributed by atoms with E-state index in [0.29, 0.717) is 39.3 Å². The largest absolute Gasteiger partial charge is 0.447 e. The fourth-order valence-corrected chi connectivity index (χ4v) is 7.26.